The second-order valence-corrected chi connectivity index (χ2v) is 4.31. The highest BCUT2D eigenvalue weighted by Crippen LogP contribution is 2.31. The summed E-state index contributed by atoms with van der Waals surface area (Å²) in [5.74, 6) is -0.797. The minimum atomic E-state index is -1.78. The highest BCUT2D eigenvalue weighted by Gasteiger charge is 2.44. The second-order valence-electron chi connectivity index (χ2n) is 3.46. The number of ether oxygens (including phenoxy) is 1. The Morgan fingerprint density at radius 1 is 1.56 bits per heavy atom. The maximum Gasteiger partial charge on any atom is 0.333 e. The molecule has 1 aromatic rings. The molecule has 0 aromatic heterocycles. The molecular formula is C11H13BrFNO2. The van der Waals surface area contributed by atoms with Crippen molar-refractivity contribution < 1.29 is 13.9 Å². The average molecular weight is 290 g/mol. The molecule has 0 bridgehead atoms. The van der Waals surface area contributed by atoms with Crippen molar-refractivity contribution in [3.63, 3.8) is 0 Å². The lowest BCUT2D eigenvalue weighted by Gasteiger charge is -2.29. The van der Waals surface area contributed by atoms with Gasteiger partial charge in [-0.3, -0.25) is 0 Å². The summed E-state index contributed by atoms with van der Waals surface area (Å²) in [4.78, 5) is 11.6. The molecule has 2 atom stereocenters. The van der Waals surface area contributed by atoms with E-state index in [0.717, 1.165) is 0 Å². The number of carbonyl (C=O) groups excluding carboxylic acids is 1. The number of hydrogen-bond donors (Lipinski definition) is 1. The Balaban J connectivity index is 3.33. The second kappa shape index (κ2) is 4.93. The third-order valence-electron chi connectivity index (χ3n) is 2.47. The SMILES string of the molecule is COC(=O)C(N)(c1ccccc1Br)C(C)F. The topological polar surface area (TPSA) is 52.3 Å². The highest BCUT2D eigenvalue weighted by atomic mass is 79.9. The third-order valence-corrected chi connectivity index (χ3v) is 3.16. The Kier molecular flexibility index (Phi) is 4.04. The van der Waals surface area contributed by atoms with Crippen LogP contribution in [0.1, 0.15) is 12.5 Å². The van der Waals surface area contributed by atoms with Crippen molar-refractivity contribution in [3.05, 3.63) is 34.3 Å². The van der Waals surface area contributed by atoms with Gasteiger partial charge in [-0.1, -0.05) is 34.1 Å². The van der Waals surface area contributed by atoms with Crippen LogP contribution in [0.4, 0.5) is 4.39 Å². The van der Waals surface area contributed by atoms with Crippen LogP contribution in [0.2, 0.25) is 0 Å². The van der Waals surface area contributed by atoms with Gasteiger partial charge in [-0.05, 0) is 13.0 Å². The van der Waals surface area contributed by atoms with Gasteiger partial charge in [0.15, 0.2) is 5.54 Å². The number of alkyl halides is 1. The van der Waals surface area contributed by atoms with Gasteiger partial charge < -0.3 is 10.5 Å². The fraction of sp³-hybridized carbons (Fsp3) is 0.364. The third kappa shape index (κ3) is 2.10. The summed E-state index contributed by atoms with van der Waals surface area (Å²) in [5.41, 5.74) is 4.43. The summed E-state index contributed by atoms with van der Waals surface area (Å²) >= 11 is 3.24. The van der Waals surface area contributed by atoms with Gasteiger partial charge in [0.25, 0.3) is 0 Å². The summed E-state index contributed by atoms with van der Waals surface area (Å²) < 4.78 is 18.7. The summed E-state index contributed by atoms with van der Waals surface area (Å²) in [6, 6.07) is 6.74. The molecule has 2 N–H and O–H groups in total. The Hall–Kier alpha value is -0.940. The fourth-order valence-electron chi connectivity index (χ4n) is 1.45. The molecule has 0 heterocycles. The van der Waals surface area contributed by atoms with Crippen molar-refractivity contribution in [2.45, 2.75) is 18.6 Å². The van der Waals surface area contributed by atoms with Crippen molar-refractivity contribution in [3.8, 4) is 0 Å². The van der Waals surface area contributed by atoms with Crippen LogP contribution >= 0.6 is 15.9 Å². The van der Waals surface area contributed by atoms with Gasteiger partial charge in [0.2, 0.25) is 0 Å². The quantitative estimate of drug-likeness (QED) is 0.868. The van der Waals surface area contributed by atoms with E-state index >= 15 is 0 Å². The molecule has 5 heteroatoms. The molecule has 0 amide bonds. The Morgan fingerprint density at radius 2 is 2.12 bits per heavy atom. The van der Waals surface area contributed by atoms with Crippen LogP contribution in [-0.2, 0) is 15.1 Å². The molecular weight excluding hydrogens is 277 g/mol. The Labute approximate surface area is 102 Å². The number of carbonyl (C=O) groups is 1. The molecule has 0 radical (unpaired) electrons. The van der Waals surface area contributed by atoms with Crippen LogP contribution in [-0.4, -0.2) is 19.3 Å². The standard InChI is InChI=1S/C11H13BrFNO2/c1-7(13)11(14,10(15)16-2)8-5-3-4-6-9(8)12/h3-7H,14H2,1-2H3. The summed E-state index contributed by atoms with van der Waals surface area (Å²) in [5, 5.41) is 0. The van der Waals surface area contributed by atoms with E-state index < -0.39 is 17.7 Å². The van der Waals surface area contributed by atoms with E-state index in [1.807, 2.05) is 0 Å². The number of nitrogens with two attached hydrogens (primary N) is 1. The number of rotatable bonds is 3. The summed E-state index contributed by atoms with van der Waals surface area (Å²) in [6.07, 6.45) is -1.56. The highest BCUT2D eigenvalue weighted by molar-refractivity contribution is 9.10. The maximum atomic E-state index is 13.6. The number of halogens is 2. The molecule has 0 spiro atoms. The molecule has 0 saturated carbocycles. The van der Waals surface area contributed by atoms with E-state index in [1.54, 1.807) is 24.3 Å². The van der Waals surface area contributed by atoms with Gasteiger partial charge in [-0.25, -0.2) is 9.18 Å². The Morgan fingerprint density at radius 3 is 2.56 bits per heavy atom. The van der Waals surface area contributed by atoms with E-state index in [4.69, 9.17) is 5.73 Å². The average Bonchev–Trinajstić information content (AvgIpc) is 2.27. The van der Waals surface area contributed by atoms with E-state index in [9.17, 15) is 9.18 Å². The van der Waals surface area contributed by atoms with Crippen LogP contribution in [0.3, 0.4) is 0 Å². The molecule has 3 nitrogen and oxygen atoms in total. The molecule has 0 aliphatic carbocycles. The van der Waals surface area contributed by atoms with Gasteiger partial charge in [-0.2, -0.15) is 0 Å². The van der Waals surface area contributed by atoms with Crippen LogP contribution < -0.4 is 5.73 Å². The summed E-state index contributed by atoms with van der Waals surface area (Å²) in [7, 11) is 1.18. The lowest BCUT2D eigenvalue weighted by Crippen LogP contribution is -2.52. The molecule has 1 aromatic carbocycles. The maximum absolute atomic E-state index is 13.6. The smallest absolute Gasteiger partial charge is 0.333 e. The van der Waals surface area contributed by atoms with Crippen LogP contribution in [0.25, 0.3) is 0 Å². The minimum Gasteiger partial charge on any atom is -0.467 e. The minimum absolute atomic E-state index is 0.372. The largest absolute Gasteiger partial charge is 0.467 e. The number of esters is 1. The van der Waals surface area contributed by atoms with E-state index in [0.29, 0.717) is 10.0 Å². The van der Waals surface area contributed by atoms with Crippen molar-refractivity contribution in [1.82, 2.24) is 0 Å². The van der Waals surface area contributed by atoms with E-state index in [-0.39, 0.29) is 0 Å². The predicted molar refractivity (Wildman–Crippen MR) is 62.6 cm³/mol. The summed E-state index contributed by atoms with van der Waals surface area (Å²) in [6.45, 7) is 1.23. The molecule has 0 aliphatic rings. The van der Waals surface area contributed by atoms with E-state index in [1.165, 1.54) is 14.0 Å². The van der Waals surface area contributed by atoms with Gasteiger partial charge in [-0.15, -0.1) is 0 Å². The van der Waals surface area contributed by atoms with E-state index in [2.05, 4.69) is 20.7 Å². The first-order valence-corrected chi connectivity index (χ1v) is 5.50. The van der Waals surface area contributed by atoms with Gasteiger partial charge in [0.05, 0.1) is 7.11 Å². The fourth-order valence-corrected chi connectivity index (χ4v) is 2.07. The van der Waals surface area contributed by atoms with Crippen molar-refractivity contribution in [1.29, 1.82) is 0 Å². The van der Waals surface area contributed by atoms with Crippen LogP contribution in [0, 0.1) is 0 Å². The molecule has 16 heavy (non-hydrogen) atoms. The van der Waals surface area contributed by atoms with Gasteiger partial charge in [0.1, 0.15) is 6.17 Å². The first kappa shape index (κ1) is 13.1. The molecule has 88 valence electrons. The number of methoxy groups -OCH3 is 1. The number of hydrogen-bond acceptors (Lipinski definition) is 3. The zero-order valence-electron chi connectivity index (χ0n) is 9.04. The van der Waals surface area contributed by atoms with Crippen molar-refractivity contribution in [2.24, 2.45) is 5.73 Å². The first-order chi connectivity index (χ1) is 7.44. The lowest BCUT2D eigenvalue weighted by molar-refractivity contribution is -0.150. The molecule has 0 fully saturated rings. The van der Waals surface area contributed by atoms with Crippen molar-refractivity contribution in [2.75, 3.05) is 7.11 Å². The molecule has 0 saturated heterocycles. The van der Waals surface area contributed by atoms with Gasteiger partial charge >= 0.3 is 5.97 Å². The lowest BCUT2D eigenvalue weighted by atomic mass is 9.87. The molecule has 2 unspecified atom stereocenters. The van der Waals surface area contributed by atoms with Crippen LogP contribution in [0.15, 0.2) is 28.7 Å². The van der Waals surface area contributed by atoms with Crippen LogP contribution in [0.5, 0.6) is 0 Å². The normalized spacial score (nSPS) is 16.3. The zero-order chi connectivity index (χ0) is 12.3. The Bertz CT molecular complexity index is 397. The monoisotopic (exact) mass is 289 g/mol. The molecule has 0 aliphatic heterocycles. The number of benzene rings is 1. The zero-order valence-corrected chi connectivity index (χ0v) is 10.6. The van der Waals surface area contributed by atoms with Crippen molar-refractivity contribution >= 4 is 21.9 Å². The predicted octanol–water partition coefficient (Wildman–Crippen LogP) is 2.13. The molecule has 1 rings (SSSR count). The van der Waals surface area contributed by atoms with Gasteiger partial charge in [0, 0.05) is 10.0 Å². The first-order valence-electron chi connectivity index (χ1n) is 4.71.